The summed E-state index contributed by atoms with van der Waals surface area (Å²) in [7, 11) is 4.45. The summed E-state index contributed by atoms with van der Waals surface area (Å²) < 4.78 is 20.4. The molecule has 9 heteroatoms. The number of amides is 3. The van der Waals surface area contributed by atoms with Gasteiger partial charge < -0.3 is 24.3 Å². The lowest BCUT2D eigenvalue weighted by molar-refractivity contribution is -0.143. The van der Waals surface area contributed by atoms with Gasteiger partial charge in [0, 0.05) is 12.6 Å². The molecule has 1 aromatic carbocycles. The Morgan fingerprint density at radius 1 is 1.04 bits per heavy atom. The van der Waals surface area contributed by atoms with Crippen LogP contribution in [0.15, 0.2) is 18.2 Å². The number of esters is 1. The molecule has 0 aliphatic rings. The van der Waals surface area contributed by atoms with Gasteiger partial charge in [-0.15, -0.1) is 0 Å². The molecule has 1 rings (SSSR count). The number of carbonyl (C=O) groups is 3. The van der Waals surface area contributed by atoms with Crippen molar-refractivity contribution in [3.05, 3.63) is 23.8 Å². The Bertz CT molecular complexity index is 676. The number of carbonyl (C=O) groups excluding carboxylic acids is 3. The van der Waals surface area contributed by atoms with E-state index < -0.39 is 24.5 Å². The first-order chi connectivity index (χ1) is 12.9. The van der Waals surface area contributed by atoms with E-state index in [1.807, 2.05) is 12.2 Å². The molecule has 0 heterocycles. The lowest BCUT2D eigenvalue weighted by Crippen LogP contribution is -2.41. The van der Waals surface area contributed by atoms with Gasteiger partial charge in [-0.3, -0.25) is 10.1 Å². The summed E-state index contributed by atoms with van der Waals surface area (Å²) in [5.74, 6) is -0.173. The molecule has 27 heavy (non-hydrogen) atoms. The number of hydrogen-bond donors (Lipinski definition) is 2. The number of benzene rings is 1. The van der Waals surface area contributed by atoms with Crippen LogP contribution < -0.4 is 24.8 Å². The van der Waals surface area contributed by atoms with Crippen LogP contribution in [0.5, 0.6) is 17.2 Å². The second kappa shape index (κ2) is 11.4. The smallest absolute Gasteiger partial charge is 0.331 e. The number of hydrogen-bond acceptors (Lipinski definition) is 7. The van der Waals surface area contributed by atoms with E-state index in [2.05, 4.69) is 5.32 Å². The van der Waals surface area contributed by atoms with E-state index in [1.165, 1.54) is 27.4 Å². The topological polar surface area (TPSA) is 112 Å². The van der Waals surface area contributed by atoms with Crippen LogP contribution in [0, 0.1) is 0 Å². The molecule has 0 fully saturated rings. The summed E-state index contributed by atoms with van der Waals surface area (Å²) in [6, 6.07) is 2.66. The standard InChI is InChI=1S/C18H24N2O7/c1-5-8-19-18(23)20-15(21)11-27-16(22)7-6-12-9-13(24-2)17(26-4)14(10-12)25-3/h6-7,9-10H,5,8,11H2,1-4H3,(H2,19,20,21,23)/b7-6+. The van der Waals surface area contributed by atoms with Gasteiger partial charge in [0.1, 0.15) is 0 Å². The predicted molar refractivity (Wildman–Crippen MR) is 97.9 cm³/mol. The third kappa shape index (κ3) is 7.27. The van der Waals surface area contributed by atoms with Crippen molar-refractivity contribution in [2.45, 2.75) is 13.3 Å². The number of ether oxygens (including phenoxy) is 4. The van der Waals surface area contributed by atoms with Gasteiger partial charge in [0.05, 0.1) is 21.3 Å². The largest absolute Gasteiger partial charge is 0.493 e. The van der Waals surface area contributed by atoms with Gasteiger partial charge in [0.2, 0.25) is 5.75 Å². The van der Waals surface area contributed by atoms with E-state index in [-0.39, 0.29) is 0 Å². The first kappa shape index (κ1) is 21.8. The van der Waals surface area contributed by atoms with E-state index in [1.54, 1.807) is 12.1 Å². The molecule has 0 saturated carbocycles. The minimum Gasteiger partial charge on any atom is -0.493 e. The van der Waals surface area contributed by atoms with E-state index in [0.29, 0.717) is 29.4 Å². The van der Waals surface area contributed by atoms with Crippen molar-refractivity contribution in [2.75, 3.05) is 34.5 Å². The average Bonchev–Trinajstić information content (AvgIpc) is 2.67. The molecule has 148 valence electrons. The zero-order valence-corrected chi connectivity index (χ0v) is 15.8. The molecule has 0 bridgehead atoms. The minimum absolute atomic E-state index is 0.428. The summed E-state index contributed by atoms with van der Waals surface area (Å²) in [5, 5.41) is 4.52. The number of urea groups is 1. The molecule has 9 nitrogen and oxygen atoms in total. The van der Waals surface area contributed by atoms with Crippen LogP contribution in [-0.4, -0.2) is 52.4 Å². The number of nitrogens with one attached hydrogen (secondary N) is 2. The fraction of sp³-hybridized carbons (Fsp3) is 0.389. The Hall–Kier alpha value is -3.23. The Labute approximate surface area is 157 Å². The van der Waals surface area contributed by atoms with Gasteiger partial charge in [0.25, 0.3) is 5.91 Å². The third-order valence-corrected chi connectivity index (χ3v) is 3.23. The van der Waals surface area contributed by atoms with Crippen molar-refractivity contribution in [2.24, 2.45) is 0 Å². The summed E-state index contributed by atoms with van der Waals surface area (Å²) in [6.07, 6.45) is 3.35. The average molecular weight is 380 g/mol. The molecule has 0 atom stereocenters. The van der Waals surface area contributed by atoms with Crippen molar-refractivity contribution >= 4 is 24.0 Å². The van der Waals surface area contributed by atoms with Crippen LogP contribution in [0.2, 0.25) is 0 Å². The minimum atomic E-state index is -0.743. The van der Waals surface area contributed by atoms with Crippen molar-refractivity contribution < 1.29 is 33.3 Å². The summed E-state index contributed by atoms with van der Waals surface area (Å²) in [5.41, 5.74) is 0.602. The number of imide groups is 1. The van der Waals surface area contributed by atoms with E-state index in [9.17, 15) is 14.4 Å². The molecule has 2 N–H and O–H groups in total. The molecule has 0 saturated heterocycles. The Balaban J connectivity index is 2.63. The summed E-state index contributed by atoms with van der Waals surface area (Å²) >= 11 is 0. The van der Waals surface area contributed by atoms with Gasteiger partial charge in [-0.2, -0.15) is 0 Å². The molecular formula is C18H24N2O7. The molecule has 1 aromatic rings. The van der Waals surface area contributed by atoms with Crippen molar-refractivity contribution in [1.82, 2.24) is 10.6 Å². The van der Waals surface area contributed by atoms with Gasteiger partial charge in [0.15, 0.2) is 18.1 Å². The van der Waals surface area contributed by atoms with Crippen molar-refractivity contribution in [3.63, 3.8) is 0 Å². The molecule has 3 amide bonds. The monoisotopic (exact) mass is 380 g/mol. The molecular weight excluding hydrogens is 356 g/mol. The SMILES string of the molecule is CCCNC(=O)NC(=O)COC(=O)/C=C/c1cc(OC)c(OC)c(OC)c1. The van der Waals surface area contributed by atoms with Crippen LogP contribution in [0.1, 0.15) is 18.9 Å². The molecule has 0 aliphatic carbocycles. The fourth-order valence-corrected chi connectivity index (χ4v) is 1.99. The highest BCUT2D eigenvalue weighted by atomic mass is 16.5. The number of methoxy groups -OCH3 is 3. The maximum Gasteiger partial charge on any atom is 0.331 e. The third-order valence-electron chi connectivity index (χ3n) is 3.23. The Morgan fingerprint density at radius 3 is 2.19 bits per heavy atom. The Kier molecular flexibility index (Phi) is 9.21. The highest BCUT2D eigenvalue weighted by Crippen LogP contribution is 2.38. The quantitative estimate of drug-likeness (QED) is 0.493. The van der Waals surface area contributed by atoms with Crippen LogP contribution in [0.4, 0.5) is 4.79 Å². The van der Waals surface area contributed by atoms with E-state index in [0.717, 1.165) is 12.5 Å². The molecule has 0 aromatic heterocycles. The summed E-state index contributed by atoms with van der Waals surface area (Å²) in [6.45, 7) is 1.75. The maximum absolute atomic E-state index is 11.7. The van der Waals surface area contributed by atoms with Crippen LogP contribution in [0.3, 0.4) is 0 Å². The van der Waals surface area contributed by atoms with Gasteiger partial charge >= 0.3 is 12.0 Å². The van der Waals surface area contributed by atoms with Gasteiger partial charge in [-0.1, -0.05) is 6.92 Å². The highest BCUT2D eigenvalue weighted by molar-refractivity contribution is 5.96. The first-order valence-electron chi connectivity index (χ1n) is 8.17. The lowest BCUT2D eigenvalue weighted by atomic mass is 10.1. The normalized spacial score (nSPS) is 10.2. The van der Waals surface area contributed by atoms with E-state index in [4.69, 9.17) is 18.9 Å². The van der Waals surface area contributed by atoms with Crippen LogP contribution in [-0.2, 0) is 14.3 Å². The maximum atomic E-state index is 11.7. The van der Waals surface area contributed by atoms with E-state index >= 15 is 0 Å². The molecule has 0 unspecified atom stereocenters. The molecule has 0 radical (unpaired) electrons. The zero-order chi connectivity index (χ0) is 20.2. The predicted octanol–water partition coefficient (Wildman–Crippen LogP) is 1.50. The van der Waals surface area contributed by atoms with Gasteiger partial charge in [-0.05, 0) is 30.2 Å². The van der Waals surface area contributed by atoms with Crippen molar-refractivity contribution in [3.8, 4) is 17.2 Å². The Morgan fingerprint density at radius 2 is 1.67 bits per heavy atom. The molecule has 0 aliphatic heterocycles. The first-order valence-corrected chi connectivity index (χ1v) is 8.17. The number of rotatable bonds is 9. The van der Waals surface area contributed by atoms with Crippen LogP contribution in [0.25, 0.3) is 6.08 Å². The fourth-order valence-electron chi connectivity index (χ4n) is 1.99. The van der Waals surface area contributed by atoms with Gasteiger partial charge in [-0.25, -0.2) is 9.59 Å². The summed E-state index contributed by atoms with van der Waals surface area (Å²) in [4.78, 5) is 34.6. The molecule has 0 spiro atoms. The van der Waals surface area contributed by atoms with Crippen LogP contribution >= 0.6 is 0 Å². The van der Waals surface area contributed by atoms with Crippen molar-refractivity contribution in [1.29, 1.82) is 0 Å². The second-order valence-electron chi connectivity index (χ2n) is 5.20. The lowest BCUT2D eigenvalue weighted by Gasteiger charge is -2.12. The second-order valence-corrected chi connectivity index (χ2v) is 5.20. The zero-order valence-electron chi connectivity index (χ0n) is 15.8. The highest BCUT2D eigenvalue weighted by Gasteiger charge is 2.13.